The summed E-state index contributed by atoms with van der Waals surface area (Å²) in [4.78, 5) is 6.63. The zero-order chi connectivity index (χ0) is 16.1. The Balaban J connectivity index is 1.71. The van der Waals surface area contributed by atoms with Crippen LogP contribution in [-0.4, -0.2) is 34.7 Å². The van der Waals surface area contributed by atoms with E-state index >= 15 is 0 Å². The van der Waals surface area contributed by atoms with Crippen LogP contribution in [0.25, 0.3) is 0 Å². The molecule has 23 heavy (non-hydrogen) atoms. The molecule has 122 valence electrons. The number of halogens is 1. The van der Waals surface area contributed by atoms with Gasteiger partial charge < -0.3 is 5.11 Å². The molecule has 4 heteroatoms. The van der Waals surface area contributed by atoms with Gasteiger partial charge in [-0.15, -0.1) is 0 Å². The number of hydrogen-bond acceptors (Lipinski definition) is 3. The highest BCUT2D eigenvalue weighted by Crippen LogP contribution is 2.34. The van der Waals surface area contributed by atoms with Crippen molar-refractivity contribution in [2.45, 2.75) is 25.8 Å². The summed E-state index contributed by atoms with van der Waals surface area (Å²) in [6.07, 6.45) is 6.76. The molecule has 1 aliphatic rings. The van der Waals surface area contributed by atoms with E-state index in [-0.39, 0.29) is 12.0 Å². The number of aliphatic hydroxyl groups is 1. The monoisotopic (exact) mass is 330 g/mol. The predicted molar refractivity (Wildman–Crippen MR) is 93.4 cm³/mol. The molecule has 3 rings (SSSR count). The Morgan fingerprint density at radius 2 is 2.09 bits per heavy atom. The summed E-state index contributed by atoms with van der Waals surface area (Å²) in [5.41, 5.74) is 2.35. The zero-order valence-corrected chi connectivity index (χ0v) is 14.0. The minimum absolute atomic E-state index is 0.0782. The molecular formula is C19H23ClN2O. The third-order valence-electron chi connectivity index (χ3n) is 4.67. The molecule has 3 nitrogen and oxygen atoms in total. The maximum atomic E-state index is 10.1. The minimum Gasteiger partial charge on any atom is -0.396 e. The van der Waals surface area contributed by atoms with Gasteiger partial charge in [0.15, 0.2) is 0 Å². The number of hydrogen-bond donors (Lipinski definition) is 1. The quantitative estimate of drug-likeness (QED) is 0.910. The molecule has 2 heterocycles. The first-order valence-corrected chi connectivity index (χ1v) is 8.53. The van der Waals surface area contributed by atoms with Crippen LogP contribution in [-0.2, 0) is 13.0 Å². The van der Waals surface area contributed by atoms with Crippen molar-refractivity contribution in [1.82, 2.24) is 9.88 Å². The predicted octanol–water partition coefficient (Wildman–Crippen LogP) is 3.55. The average Bonchev–Trinajstić information content (AvgIpc) is 2.56. The van der Waals surface area contributed by atoms with Crippen LogP contribution in [0.4, 0.5) is 0 Å². The lowest BCUT2D eigenvalue weighted by atomic mass is 9.75. The highest BCUT2D eigenvalue weighted by atomic mass is 35.5. The number of piperidine rings is 1. The highest BCUT2D eigenvalue weighted by Gasteiger charge is 2.35. The van der Waals surface area contributed by atoms with Crippen LogP contribution in [0.15, 0.2) is 48.8 Å². The molecule has 2 aromatic rings. The first kappa shape index (κ1) is 16.4. The fourth-order valence-corrected chi connectivity index (χ4v) is 3.82. The van der Waals surface area contributed by atoms with E-state index in [1.54, 1.807) is 6.20 Å². The molecule has 1 N–H and O–H groups in total. The van der Waals surface area contributed by atoms with Crippen LogP contribution in [0.5, 0.6) is 0 Å². The molecule has 1 saturated heterocycles. The van der Waals surface area contributed by atoms with Gasteiger partial charge in [-0.05, 0) is 55.1 Å². The summed E-state index contributed by atoms with van der Waals surface area (Å²) in [5, 5.41) is 10.8. The Morgan fingerprint density at radius 1 is 1.22 bits per heavy atom. The topological polar surface area (TPSA) is 36.4 Å². The van der Waals surface area contributed by atoms with Gasteiger partial charge in [-0.3, -0.25) is 9.88 Å². The van der Waals surface area contributed by atoms with E-state index in [9.17, 15) is 5.11 Å². The zero-order valence-electron chi connectivity index (χ0n) is 13.3. The standard InChI is InChI=1S/C19H23ClN2O/c20-18-6-1-4-16(10-18)11-19(15-23)7-3-9-22(14-19)13-17-5-2-8-21-12-17/h1-2,4-6,8,10,12,23H,3,7,9,11,13-15H2. The van der Waals surface area contributed by atoms with Gasteiger partial charge in [0.25, 0.3) is 0 Å². The van der Waals surface area contributed by atoms with E-state index in [0.29, 0.717) is 0 Å². The number of rotatable bonds is 5. The summed E-state index contributed by atoms with van der Waals surface area (Å²) in [6.45, 7) is 3.09. The maximum absolute atomic E-state index is 10.1. The Kier molecular flexibility index (Phi) is 5.31. The first-order chi connectivity index (χ1) is 11.2. The number of nitrogens with zero attached hydrogens (tertiary/aromatic N) is 2. The largest absolute Gasteiger partial charge is 0.396 e. The summed E-state index contributed by atoms with van der Waals surface area (Å²) < 4.78 is 0. The van der Waals surface area contributed by atoms with Gasteiger partial charge in [0.1, 0.15) is 0 Å². The minimum atomic E-state index is -0.0782. The number of aliphatic hydroxyl groups excluding tert-OH is 1. The summed E-state index contributed by atoms with van der Waals surface area (Å²) in [6, 6.07) is 12.1. The molecular weight excluding hydrogens is 308 g/mol. The van der Waals surface area contributed by atoms with Crippen molar-refractivity contribution in [3.05, 3.63) is 64.9 Å². The summed E-state index contributed by atoms with van der Waals surface area (Å²) in [5.74, 6) is 0. The van der Waals surface area contributed by atoms with E-state index < -0.39 is 0 Å². The molecule has 0 bridgehead atoms. The number of pyridine rings is 1. The van der Waals surface area contributed by atoms with Crippen LogP contribution in [0.1, 0.15) is 24.0 Å². The van der Waals surface area contributed by atoms with Crippen LogP contribution in [0.3, 0.4) is 0 Å². The third-order valence-corrected chi connectivity index (χ3v) is 4.91. The molecule has 0 aliphatic carbocycles. The number of benzene rings is 1. The van der Waals surface area contributed by atoms with Gasteiger partial charge in [-0.1, -0.05) is 29.8 Å². The smallest absolute Gasteiger partial charge is 0.0502 e. The Bertz CT molecular complexity index is 634. The van der Waals surface area contributed by atoms with Crippen LogP contribution < -0.4 is 0 Å². The van der Waals surface area contributed by atoms with Crippen LogP contribution >= 0.6 is 11.6 Å². The van der Waals surface area contributed by atoms with Crippen molar-refractivity contribution in [2.75, 3.05) is 19.7 Å². The van der Waals surface area contributed by atoms with Gasteiger partial charge in [-0.2, -0.15) is 0 Å². The SMILES string of the molecule is OCC1(Cc2cccc(Cl)c2)CCCN(Cc2cccnc2)C1. The van der Waals surface area contributed by atoms with Crippen molar-refractivity contribution >= 4 is 11.6 Å². The summed E-state index contributed by atoms with van der Waals surface area (Å²) >= 11 is 6.11. The molecule has 1 fully saturated rings. The highest BCUT2D eigenvalue weighted by molar-refractivity contribution is 6.30. The van der Waals surface area contributed by atoms with Crippen molar-refractivity contribution in [3.8, 4) is 0 Å². The molecule has 0 radical (unpaired) electrons. The molecule has 0 saturated carbocycles. The summed E-state index contributed by atoms with van der Waals surface area (Å²) in [7, 11) is 0. The number of likely N-dealkylation sites (tertiary alicyclic amines) is 1. The van der Waals surface area contributed by atoms with Gasteiger partial charge in [0, 0.05) is 35.9 Å². The molecule has 1 atom stereocenters. The van der Waals surface area contributed by atoms with Crippen molar-refractivity contribution in [3.63, 3.8) is 0 Å². The van der Waals surface area contributed by atoms with Crippen LogP contribution in [0.2, 0.25) is 5.02 Å². The molecule has 1 aliphatic heterocycles. The normalized spacial score (nSPS) is 22.2. The fourth-order valence-electron chi connectivity index (χ4n) is 3.60. The Hall–Kier alpha value is -1.42. The lowest BCUT2D eigenvalue weighted by Gasteiger charge is -2.42. The fraction of sp³-hybridized carbons (Fsp3) is 0.421. The van der Waals surface area contributed by atoms with E-state index in [1.807, 2.05) is 30.5 Å². The van der Waals surface area contributed by atoms with Crippen LogP contribution in [0, 0.1) is 5.41 Å². The average molecular weight is 331 g/mol. The maximum Gasteiger partial charge on any atom is 0.0502 e. The third kappa shape index (κ3) is 4.31. The second-order valence-corrected chi connectivity index (χ2v) is 7.08. The molecule has 0 amide bonds. The Morgan fingerprint density at radius 3 is 2.83 bits per heavy atom. The lowest BCUT2D eigenvalue weighted by Crippen LogP contribution is -2.46. The second kappa shape index (κ2) is 7.43. The second-order valence-electron chi connectivity index (χ2n) is 6.64. The van der Waals surface area contributed by atoms with Gasteiger partial charge in [-0.25, -0.2) is 0 Å². The molecule has 0 spiro atoms. The van der Waals surface area contributed by atoms with Crippen molar-refractivity contribution in [2.24, 2.45) is 5.41 Å². The molecule has 1 aromatic carbocycles. The van der Waals surface area contributed by atoms with E-state index in [0.717, 1.165) is 43.9 Å². The van der Waals surface area contributed by atoms with Gasteiger partial charge >= 0.3 is 0 Å². The van der Waals surface area contributed by atoms with E-state index in [2.05, 4.69) is 22.0 Å². The first-order valence-electron chi connectivity index (χ1n) is 8.16. The molecule has 1 aromatic heterocycles. The number of aromatic nitrogens is 1. The van der Waals surface area contributed by atoms with Crippen molar-refractivity contribution < 1.29 is 5.11 Å². The van der Waals surface area contributed by atoms with Gasteiger partial charge in [0.05, 0.1) is 6.61 Å². The van der Waals surface area contributed by atoms with E-state index in [1.165, 1.54) is 11.1 Å². The van der Waals surface area contributed by atoms with Gasteiger partial charge in [0.2, 0.25) is 0 Å². The Labute approximate surface area is 142 Å². The lowest BCUT2D eigenvalue weighted by molar-refractivity contribution is 0.0288. The van der Waals surface area contributed by atoms with Crippen molar-refractivity contribution in [1.29, 1.82) is 0 Å². The molecule has 1 unspecified atom stereocenters. The van der Waals surface area contributed by atoms with E-state index in [4.69, 9.17) is 11.6 Å².